The van der Waals surface area contributed by atoms with Gasteiger partial charge in [-0.3, -0.25) is 4.79 Å². The van der Waals surface area contributed by atoms with Crippen LogP contribution >= 0.6 is 0 Å². The molecule has 0 saturated carbocycles. The van der Waals surface area contributed by atoms with Crippen LogP contribution in [0.5, 0.6) is 0 Å². The molecule has 1 aromatic heterocycles. The molecule has 0 spiro atoms. The Morgan fingerprint density at radius 2 is 2.22 bits per heavy atom. The van der Waals surface area contributed by atoms with Crippen LogP contribution in [-0.2, 0) is 4.79 Å². The molecule has 1 aliphatic heterocycles. The van der Waals surface area contributed by atoms with Crippen LogP contribution < -0.4 is 15.5 Å². The summed E-state index contributed by atoms with van der Waals surface area (Å²) in [6, 6.07) is 5.89. The van der Waals surface area contributed by atoms with E-state index in [0.717, 1.165) is 24.6 Å². The predicted octanol–water partition coefficient (Wildman–Crippen LogP) is 1.09. The molecule has 5 heteroatoms. The second-order valence-corrected chi connectivity index (χ2v) is 4.94. The van der Waals surface area contributed by atoms with Crippen molar-refractivity contribution in [2.45, 2.75) is 13.3 Å². The number of rotatable bonds is 3. The number of anilines is 2. The predicted molar refractivity (Wildman–Crippen MR) is 72.8 cm³/mol. The number of aromatic nitrogens is 1. The highest BCUT2D eigenvalue weighted by molar-refractivity contribution is 5.83. The van der Waals surface area contributed by atoms with Gasteiger partial charge < -0.3 is 15.5 Å². The first-order chi connectivity index (χ1) is 8.59. The van der Waals surface area contributed by atoms with Crippen molar-refractivity contribution in [1.82, 2.24) is 10.3 Å². The molecule has 1 amide bonds. The van der Waals surface area contributed by atoms with Crippen molar-refractivity contribution in [2.24, 2.45) is 5.41 Å². The molecular formula is C13H20N4O. The number of pyridine rings is 1. The minimum atomic E-state index is -0.313. The first-order valence-electron chi connectivity index (χ1n) is 6.21. The zero-order valence-electron chi connectivity index (χ0n) is 11.2. The van der Waals surface area contributed by atoms with E-state index in [0.29, 0.717) is 6.54 Å². The second-order valence-electron chi connectivity index (χ2n) is 4.94. The van der Waals surface area contributed by atoms with E-state index in [2.05, 4.69) is 20.5 Å². The van der Waals surface area contributed by atoms with Gasteiger partial charge in [-0.2, -0.15) is 0 Å². The SMILES string of the molecule is CNC(=O)C1(C)CCN(c2cccc(NC)n2)C1. The van der Waals surface area contributed by atoms with Crippen molar-refractivity contribution in [2.75, 3.05) is 37.4 Å². The molecule has 1 atom stereocenters. The molecule has 1 unspecified atom stereocenters. The Morgan fingerprint density at radius 3 is 2.89 bits per heavy atom. The molecule has 1 aliphatic rings. The maximum atomic E-state index is 11.9. The van der Waals surface area contributed by atoms with Crippen molar-refractivity contribution in [3.8, 4) is 0 Å². The van der Waals surface area contributed by atoms with E-state index in [-0.39, 0.29) is 11.3 Å². The van der Waals surface area contributed by atoms with Gasteiger partial charge in [0.1, 0.15) is 11.6 Å². The molecule has 0 radical (unpaired) electrons. The van der Waals surface area contributed by atoms with E-state index in [1.54, 1.807) is 7.05 Å². The van der Waals surface area contributed by atoms with E-state index < -0.39 is 0 Å². The average Bonchev–Trinajstić information content (AvgIpc) is 2.82. The third kappa shape index (κ3) is 2.25. The van der Waals surface area contributed by atoms with Crippen molar-refractivity contribution >= 4 is 17.5 Å². The van der Waals surface area contributed by atoms with Gasteiger partial charge in [0.05, 0.1) is 5.41 Å². The lowest BCUT2D eigenvalue weighted by Gasteiger charge is -2.23. The van der Waals surface area contributed by atoms with Crippen LogP contribution in [0.2, 0.25) is 0 Å². The van der Waals surface area contributed by atoms with Crippen LogP contribution in [0.1, 0.15) is 13.3 Å². The second kappa shape index (κ2) is 4.84. The Balaban J connectivity index is 2.15. The van der Waals surface area contributed by atoms with Crippen LogP contribution in [0.3, 0.4) is 0 Å². The minimum absolute atomic E-state index is 0.106. The Labute approximate surface area is 108 Å². The molecule has 0 bridgehead atoms. The zero-order chi connectivity index (χ0) is 13.2. The standard InChI is InChI=1S/C13H20N4O/c1-13(12(18)15-3)7-8-17(9-13)11-6-4-5-10(14-2)16-11/h4-6H,7-9H2,1-3H3,(H,14,16)(H,15,18). The van der Waals surface area contributed by atoms with E-state index >= 15 is 0 Å². The highest BCUT2D eigenvalue weighted by atomic mass is 16.2. The van der Waals surface area contributed by atoms with Gasteiger partial charge in [-0.25, -0.2) is 4.98 Å². The fourth-order valence-electron chi connectivity index (χ4n) is 2.38. The van der Waals surface area contributed by atoms with E-state index in [1.807, 2.05) is 32.2 Å². The summed E-state index contributed by atoms with van der Waals surface area (Å²) in [4.78, 5) is 18.5. The quantitative estimate of drug-likeness (QED) is 0.840. The van der Waals surface area contributed by atoms with Gasteiger partial charge in [-0.1, -0.05) is 6.07 Å². The highest BCUT2D eigenvalue weighted by Crippen LogP contribution is 2.32. The van der Waals surface area contributed by atoms with Crippen LogP contribution in [-0.4, -0.2) is 38.1 Å². The molecule has 98 valence electrons. The average molecular weight is 248 g/mol. The van der Waals surface area contributed by atoms with Gasteiger partial charge in [0, 0.05) is 27.2 Å². The summed E-state index contributed by atoms with van der Waals surface area (Å²) in [5.74, 6) is 1.88. The van der Waals surface area contributed by atoms with Gasteiger partial charge in [0.25, 0.3) is 0 Å². The first kappa shape index (κ1) is 12.7. The van der Waals surface area contributed by atoms with Crippen LogP contribution in [0.4, 0.5) is 11.6 Å². The molecule has 1 aromatic rings. The Hall–Kier alpha value is -1.78. The lowest BCUT2D eigenvalue weighted by Crippen LogP contribution is -2.39. The summed E-state index contributed by atoms with van der Waals surface area (Å²) in [5, 5.41) is 5.77. The number of carbonyl (C=O) groups is 1. The topological polar surface area (TPSA) is 57.3 Å². The molecule has 1 fully saturated rings. The zero-order valence-corrected chi connectivity index (χ0v) is 11.2. The van der Waals surface area contributed by atoms with Crippen molar-refractivity contribution in [3.63, 3.8) is 0 Å². The lowest BCUT2D eigenvalue weighted by molar-refractivity contribution is -0.128. The van der Waals surface area contributed by atoms with Crippen LogP contribution in [0.25, 0.3) is 0 Å². The molecule has 1 saturated heterocycles. The molecule has 18 heavy (non-hydrogen) atoms. The molecule has 2 rings (SSSR count). The third-order valence-corrected chi connectivity index (χ3v) is 3.56. The van der Waals surface area contributed by atoms with Crippen LogP contribution in [0.15, 0.2) is 18.2 Å². The van der Waals surface area contributed by atoms with E-state index in [1.165, 1.54) is 0 Å². The van der Waals surface area contributed by atoms with Gasteiger partial charge in [0.2, 0.25) is 5.91 Å². The monoisotopic (exact) mass is 248 g/mol. The molecule has 2 heterocycles. The number of nitrogens with one attached hydrogen (secondary N) is 2. The largest absolute Gasteiger partial charge is 0.373 e. The van der Waals surface area contributed by atoms with Crippen molar-refractivity contribution in [3.05, 3.63) is 18.2 Å². The van der Waals surface area contributed by atoms with Crippen molar-refractivity contribution < 1.29 is 4.79 Å². The van der Waals surface area contributed by atoms with Gasteiger partial charge in [0.15, 0.2) is 0 Å². The summed E-state index contributed by atoms with van der Waals surface area (Å²) in [6.45, 7) is 3.59. The number of amides is 1. The highest BCUT2D eigenvalue weighted by Gasteiger charge is 2.40. The van der Waals surface area contributed by atoms with Gasteiger partial charge in [-0.05, 0) is 25.5 Å². The van der Waals surface area contributed by atoms with Gasteiger partial charge in [-0.15, -0.1) is 0 Å². The summed E-state index contributed by atoms with van der Waals surface area (Å²) < 4.78 is 0. The Morgan fingerprint density at radius 1 is 1.44 bits per heavy atom. The van der Waals surface area contributed by atoms with Crippen LogP contribution in [0, 0.1) is 5.41 Å². The fourth-order valence-corrected chi connectivity index (χ4v) is 2.38. The molecular weight excluding hydrogens is 228 g/mol. The lowest BCUT2D eigenvalue weighted by atomic mass is 9.89. The Kier molecular flexibility index (Phi) is 3.41. The maximum Gasteiger partial charge on any atom is 0.227 e. The van der Waals surface area contributed by atoms with Gasteiger partial charge >= 0.3 is 0 Å². The third-order valence-electron chi connectivity index (χ3n) is 3.56. The molecule has 5 nitrogen and oxygen atoms in total. The maximum absolute atomic E-state index is 11.9. The Bertz CT molecular complexity index is 448. The first-order valence-corrected chi connectivity index (χ1v) is 6.21. The summed E-state index contributed by atoms with van der Waals surface area (Å²) in [6.07, 6.45) is 0.859. The summed E-state index contributed by atoms with van der Waals surface area (Å²) >= 11 is 0. The van der Waals surface area contributed by atoms with E-state index in [4.69, 9.17) is 0 Å². The number of carbonyl (C=O) groups excluding carboxylic acids is 1. The summed E-state index contributed by atoms with van der Waals surface area (Å²) in [5.41, 5.74) is -0.313. The summed E-state index contributed by atoms with van der Waals surface area (Å²) in [7, 11) is 3.54. The fraction of sp³-hybridized carbons (Fsp3) is 0.538. The normalized spacial score (nSPS) is 22.9. The minimum Gasteiger partial charge on any atom is -0.373 e. The molecule has 2 N–H and O–H groups in total. The molecule has 0 aromatic carbocycles. The number of hydrogen-bond acceptors (Lipinski definition) is 4. The molecule has 0 aliphatic carbocycles. The van der Waals surface area contributed by atoms with Crippen molar-refractivity contribution in [1.29, 1.82) is 0 Å². The smallest absolute Gasteiger partial charge is 0.227 e. The number of hydrogen-bond donors (Lipinski definition) is 2. The number of nitrogens with zero attached hydrogens (tertiary/aromatic N) is 2. The van der Waals surface area contributed by atoms with E-state index in [9.17, 15) is 4.79 Å².